The molecule has 216 valence electrons. The van der Waals surface area contributed by atoms with E-state index in [1.165, 1.54) is 4.31 Å². The molecule has 0 aliphatic carbocycles. The van der Waals surface area contributed by atoms with E-state index in [1.807, 2.05) is 4.90 Å². The van der Waals surface area contributed by atoms with E-state index in [-0.39, 0.29) is 37.3 Å². The van der Waals surface area contributed by atoms with E-state index >= 15 is 0 Å². The molecular formula is C26H28F4N4O5S. The number of anilines is 1. The van der Waals surface area contributed by atoms with Crippen molar-refractivity contribution in [1.82, 2.24) is 15.1 Å². The van der Waals surface area contributed by atoms with Gasteiger partial charge in [-0.1, -0.05) is 30.3 Å². The number of rotatable bonds is 12. The molecule has 14 heteroatoms. The third kappa shape index (κ3) is 7.78. The molecule has 40 heavy (non-hydrogen) atoms. The number of alkyl halides is 4. The molecule has 0 unspecified atom stereocenters. The van der Waals surface area contributed by atoms with Crippen LogP contribution in [0.15, 0.2) is 59.0 Å². The van der Waals surface area contributed by atoms with Crippen molar-refractivity contribution >= 4 is 21.7 Å². The van der Waals surface area contributed by atoms with Crippen LogP contribution in [0.2, 0.25) is 0 Å². The monoisotopic (exact) mass is 584 g/mol. The number of carbonyl (C=O) groups is 1. The lowest BCUT2D eigenvalue weighted by molar-refractivity contribution is -0.158. The number of hydrogen-bond acceptors (Lipinski definition) is 8. The van der Waals surface area contributed by atoms with E-state index in [2.05, 4.69) is 14.9 Å². The summed E-state index contributed by atoms with van der Waals surface area (Å²) in [6.45, 7) is 1.36. The molecule has 1 saturated heterocycles. The maximum absolute atomic E-state index is 13.5. The highest BCUT2D eigenvalue weighted by molar-refractivity contribution is 7.92. The smallest absolute Gasteiger partial charge is 0.373 e. The van der Waals surface area contributed by atoms with Crippen LogP contribution in [0.3, 0.4) is 0 Å². The molecule has 0 spiro atoms. The second-order valence-corrected chi connectivity index (χ2v) is 11.3. The first kappa shape index (κ1) is 29.5. The summed E-state index contributed by atoms with van der Waals surface area (Å²) >= 11 is 0. The molecular weight excluding hydrogens is 556 g/mol. The van der Waals surface area contributed by atoms with Gasteiger partial charge in [0.05, 0.1) is 24.6 Å². The zero-order valence-corrected chi connectivity index (χ0v) is 22.2. The van der Waals surface area contributed by atoms with Gasteiger partial charge in [0.1, 0.15) is 0 Å². The van der Waals surface area contributed by atoms with E-state index in [9.17, 15) is 30.8 Å². The highest BCUT2D eigenvalue weighted by Gasteiger charge is 2.27. The predicted molar refractivity (Wildman–Crippen MR) is 137 cm³/mol. The number of nitrogens with zero attached hydrogens (tertiary/aromatic N) is 4. The Labute approximate surface area is 228 Å². The van der Waals surface area contributed by atoms with Crippen LogP contribution in [-0.2, 0) is 26.1 Å². The number of likely N-dealkylation sites (tertiary alicyclic amines) is 1. The van der Waals surface area contributed by atoms with Gasteiger partial charge in [0.15, 0.2) is 0 Å². The summed E-state index contributed by atoms with van der Waals surface area (Å²) in [4.78, 5) is 13.0. The molecule has 0 bridgehead atoms. The Bertz CT molecular complexity index is 1350. The van der Waals surface area contributed by atoms with Gasteiger partial charge in [-0.15, -0.1) is 10.2 Å². The van der Waals surface area contributed by atoms with Crippen LogP contribution in [0, 0.1) is 5.92 Å². The minimum absolute atomic E-state index is 0.0380. The average molecular weight is 585 g/mol. The SMILES string of the molecule is O=C(OCC1CCN(CCS(=O)(=O)N(Cc2ccc(-c3nnc(C(F)F)o3)cc2)c2ccccc2)CC1)C(F)F. The third-order valence-electron chi connectivity index (χ3n) is 6.55. The van der Waals surface area contributed by atoms with Crippen LogP contribution >= 0.6 is 0 Å². The minimum atomic E-state index is -3.77. The maximum atomic E-state index is 13.5. The highest BCUT2D eigenvalue weighted by Crippen LogP contribution is 2.26. The lowest BCUT2D eigenvalue weighted by Gasteiger charge is -2.32. The lowest BCUT2D eigenvalue weighted by atomic mass is 9.98. The molecule has 0 amide bonds. The van der Waals surface area contributed by atoms with Gasteiger partial charge < -0.3 is 14.1 Å². The van der Waals surface area contributed by atoms with Crippen molar-refractivity contribution in [2.24, 2.45) is 5.92 Å². The number of hydrogen-bond donors (Lipinski definition) is 0. The number of sulfonamides is 1. The summed E-state index contributed by atoms with van der Waals surface area (Å²) in [6.07, 6.45) is -4.83. The van der Waals surface area contributed by atoms with Crippen LogP contribution in [0.4, 0.5) is 23.2 Å². The van der Waals surface area contributed by atoms with Gasteiger partial charge in [-0.25, -0.2) is 13.2 Å². The number of halogens is 4. The standard InChI is InChI=1S/C26H28F4N4O5S/c27-22(28)25-32-31-24(39-25)20-8-6-18(7-9-20)16-34(21-4-2-1-3-5-21)40(36,37)15-14-33-12-10-19(11-13-33)17-38-26(35)23(29)30/h1-9,19,22-23H,10-17H2. The van der Waals surface area contributed by atoms with Gasteiger partial charge in [-0.2, -0.15) is 17.6 Å². The molecule has 1 aliphatic rings. The van der Waals surface area contributed by atoms with Crippen LogP contribution < -0.4 is 4.31 Å². The Balaban J connectivity index is 1.38. The van der Waals surface area contributed by atoms with Crippen LogP contribution in [0.5, 0.6) is 0 Å². The van der Waals surface area contributed by atoms with Gasteiger partial charge in [0.2, 0.25) is 15.9 Å². The number of carbonyl (C=O) groups excluding carboxylic acids is 1. The molecule has 1 aliphatic heterocycles. The van der Waals surface area contributed by atoms with Crippen molar-refractivity contribution in [3.63, 3.8) is 0 Å². The normalized spacial score (nSPS) is 15.1. The number of esters is 1. The first-order valence-corrected chi connectivity index (χ1v) is 14.2. The fourth-order valence-electron chi connectivity index (χ4n) is 4.30. The Hall–Kier alpha value is -3.52. The lowest BCUT2D eigenvalue weighted by Crippen LogP contribution is -2.41. The van der Waals surface area contributed by atoms with E-state index in [1.54, 1.807) is 54.6 Å². The van der Waals surface area contributed by atoms with Crippen molar-refractivity contribution < 1.29 is 39.9 Å². The quantitative estimate of drug-likeness (QED) is 0.226. The molecule has 1 fully saturated rings. The summed E-state index contributed by atoms with van der Waals surface area (Å²) in [5.74, 6) is -2.57. The fraction of sp³-hybridized carbons (Fsp3) is 0.423. The number of ether oxygens (including phenoxy) is 1. The van der Waals surface area contributed by atoms with E-state index in [4.69, 9.17) is 4.42 Å². The van der Waals surface area contributed by atoms with Crippen molar-refractivity contribution in [3.05, 3.63) is 66.1 Å². The van der Waals surface area contributed by atoms with Crippen LogP contribution in [0.25, 0.3) is 11.5 Å². The molecule has 4 rings (SSSR count). The first-order chi connectivity index (χ1) is 19.1. The minimum Gasteiger partial charge on any atom is -0.461 e. The topological polar surface area (TPSA) is 106 Å². The average Bonchev–Trinajstić information content (AvgIpc) is 3.46. The molecule has 0 saturated carbocycles. The van der Waals surface area contributed by atoms with Gasteiger partial charge >= 0.3 is 18.8 Å². The van der Waals surface area contributed by atoms with Gasteiger partial charge in [-0.3, -0.25) is 4.31 Å². The van der Waals surface area contributed by atoms with E-state index < -0.39 is 34.7 Å². The Kier molecular flexibility index (Phi) is 9.74. The van der Waals surface area contributed by atoms with Gasteiger partial charge in [0, 0.05) is 12.1 Å². The zero-order chi connectivity index (χ0) is 28.7. The number of para-hydroxylation sites is 1. The Morgan fingerprint density at radius 1 is 1.02 bits per heavy atom. The summed E-state index contributed by atoms with van der Waals surface area (Å²) in [7, 11) is -3.77. The highest BCUT2D eigenvalue weighted by atomic mass is 32.2. The summed E-state index contributed by atoms with van der Waals surface area (Å²) in [5.41, 5.74) is 1.57. The maximum Gasteiger partial charge on any atom is 0.373 e. The summed E-state index contributed by atoms with van der Waals surface area (Å²) < 4.78 is 88.1. The molecule has 9 nitrogen and oxygen atoms in total. The zero-order valence-electron chi connectivity index (χ0n) is 21.3. The molecule has 0 radical (unpaired) electrons. The van der Waals surface area contributed by atoms with Crippen molar-refractivity contribution in [1.29, 1.82) is 0 Å². The first-order valence-electron chi connectivity index (χ1n) is 12.6. The van der Waals surface area contributed by atoms with Gasteiger partial charge in [-0.05, 0) is 61.7 Å². The molecule has 3 aromatic rings. The van der Waals surface area contributed by atoms with Crippen LogP contribution in [0.1, 0.15) is 30.7 Å². The van der Waals surface area contributed by atoms with Gasteiger partial charge in [0.25, 0.3) is 5.89 Å². The van der Waals surface area contributed by atoms with Crippen molar-refractivity contribution in [3.8, 4) is 11.5 Å². The second-order valence-electron chi connectivity index (χ2n) is 9.32. The van der Waals surface area contributed by atoms with Crippen molar-refractivity contribution in [2.75, 3.05) is 36.3 Å². The number of benzene rings is 2. The van der Waals surface area contributed by atoms with Crippen molar-refractivity contribution in [2.45, 2.75) is 32.2 Å². The van der Waals surface area contributed by atoms with Crippen LogP contribution in [-0.4, -0.2) is 67.9 Å². The number of aromatic nitrogens is 2. The largest absolute Gasteiger partial charge is 0.461 e. The fourth-order valence-corrected chi connectivity index (χ4v) is 5.79. The Morgan fingerprint density at radius 3 is 2.30 bits per heavy atom. The Morgan fingerprint density at radius 2 is 1.70 bits per heavy atom. The second kappa shape index (κ2) is 13.2. The molecule has 0 N–H and O–H groups in total. The molecule has 0 atom stereocenters. The van der Waals surface area contributed by atoms with E-state index in [0.29, 0.717) is 42.7 Å². The molecule has 2 aromatic carbocycles. The summed E-state index contributed by atoms with van der Waals surface area (Å²) in [6, 6.07) is 15.2. The third-order valence-corrected chi connectivity index (χ3v) is 8.26. The summed E-state index contributed by atoms with van der Waals surface area (Å²) in [5, 5.41) is 6.94. The molecule has 2 heterocycles. The predicted octanol–water partition coefficient (Wildman–Crippen LogP) is 4.53. The molecule has 1 aromatic heterocycles. The van der Waals surface area contributed by atoms with E-state index in [0.717, 1.165) is 0 Å². The number of piperidine rings is 1.